The zero-order chi connectivity index (χ0) is 14.2. The number of hydrogen-bond acceptors (Lipinski definition) is 7. The third kappa shape index (κ3) is 9.23. The van der Waals surface area contributed by atoms with Crippen LogP contribution in [-0.4, -0.2) is 85.3 Å². The summed E-state index contributed by atoms with van der Waals surface area (Å²) in [6, 6.07) is 0. The van der Waals surface area contributed by atoms with E-state index in [-0.39, 0.29) is 0 Å². The number of carbonyl (C=O) groups excluding carboxylic acids is 1. The van der Waals surface area contributed by atoms with E-state index in [0.29, 0.717) is 0 Å². The van der Waals surface area contributed by atoms with E-state index in [1.165, 1.54) is 0 Å². The number of aliphatic hydroxyl groups is 5. The fourth-order valence-electron chi connectivity index (χ4n) is 0.691. The van der Waals surface area contributed by atoms with Crippen molar-refractivity contribution in [1.82, 2.24) is 0 Å². The van der Waals surface area contributed by atoms with Crippen molar-refractivity contribution in [1.29, 1.82) is 0 Å². The van der Waals surface area contributed by atoms with Gasteiger partial charge in [-0.1, -0.05) is 0 Å². The molecule has 0 saturated carbocycles. The van der Waals surface area contributed by atoms with Crippen LogP contribution in [0.5, 0.6) is 0 Å². The molecule has 9 N–H and O–H groups in total. The van der Waals surface area contributed by atoms with Crippen LogP contribution in [0.4, 0.5) is 0 Å². The summed E-state index contributed by atoms with van der Waals surface area (Å²) in [6.07, 6.45) is -7.35. The molecule has 0 bridgehead atoms. The van der Waals surface area contributed by atoms with Crippen LogP contribution in [0.25, 0.3) is 0 Å². The fourth-order valence-corrected chi connectivity index (χ4v) is 0.691. The van der Waals surface area contributed by atoms with Gasteiger partial charge in [-0.2, -0.15) is 0 Å². The van der Waals surface area contributed by atoms with Crippen molar-refractivity contribution in [3.63, 3.8) is 0 Å². The molecule has 0 aromatic carbocycles. The minimum absolute atomic E-state index is 0.802. The van der Waals surface area contributed by atoms with Crippen molar-refractivity contribution < 1.29 is 42.5 Å². The summed E-state index contributed by atoms with van der Waals surface area (Å²) in [5.41, 5.74) is 4.61. The molecule has 4 atom stereocenters. The Hall–Kier alpha value is -0.491. The first-order valence-electron chi connectivity index (χ1n) is 4.07. The van der Waals surface area contributed by atoms with Gasteiger partial charge in [-0.25, -0.2) is 0 Å². The second-order valence-corrected chi connectivity index (χ2v) is 3.78. The number of carbonyl (C=O) groups is 1. The quantitative estimate of drug-likeness (QED) is 0.227. The van der Waals surface area contributed by atoms with Crippen LogP contribution >= 0.6 is 0 Å². The molecule has 0 unspecified atom stereocenters. The molecule has 0 fully saturated rings. The molecule has 0 heterocycles. The average molecular weight is 324 g/mol. The van der Waals surface area contributed by atoms with Crippen molar-refractivity contribution >= 4 is 20.4 Å². The number of rotatable bonds is 5. The van der Waals surface area contributed by atoms with Crippen molar-refractivity contribution in [3.05, 3.63) is 0 Å². The molecular formula is C6H15NO9Se. The summed E-state index contributed by atoms with van der Waals surface area (Å²) in [6.45, 7) is -0.802. The van der Waals surface area contributed by atoms with Gasteiger partial charge in [-0.15, -0.1) is 0 Å². The van der Waals surface area contributed by atoms with E-state index in [9.17, 15) is 4.79 Å². The van der Waals surface area contributed by atoms with Crippen LogP contribution in [0.1, 0.15) is 0 Å². The second-order valence-electron chi connectivity index (χ2n) is 2.81. The summed E-state index contributed by atoms with van der Waals surface area (Å²) in [5, 5.41) is 44.0. The van der Waals surface area contributed by atoms with Gasteiger partial charge in [0.2, 0.25) is 5.91 Å². The Labute approximate surface area is 100 Å². The van der Waals surface area contributed by atoms with Crippen LogP contribution in [0.3, 0.4) is 0 Å². The molecule has 0 rings (SSSR count). The van der Waals surface area contributed by atoms with Crippen molar-refractivity contribution in [3.8, 4) is 0 Å². The predicted octanol–water partition coefficient (Wildman–Crippen LogP) is -5.71. The van der Waals surface area contributed by atoms with Crippen LogP contribution in [0.15, 0.2) is 0 Å². The third-order valence-corrected chi connectivity index (χ3v) is 1.55. The van der Waals surface area contributed by atoms with Gasteiger partial charge in [0.25, 0.3) is 0 Å². The molecule has 0 radical (unpaired) electrons. The third-order valence-electron chi connectivity index (χ3n) is 1.55. The number of aliphatic hydroxyl groups excluding tert-OH is 5. The fraction of sp³-hybridized carbons (Fsp3) is 0.833. The van der Waals surface area contributed by atoms with Crippen molar-refractivity contribution in [2.75, 3.05) is 6.61 Å². The standard InChI is InChI=1S/C6H13NO6.H2O3Se/c7-6(13)5(12)4(11)3(10)2(9)1-8;1-4(2)3/h2-5,8-12H,1H2,(H2,7,13);(H2,1,2,3)/t2-,3-,4+,5-;/m1./s1. The maximum absolute atomic E-state index is 10.3. The van der Waals surface area contributed by atoms with E-state index in [0.717, 1.165) is 0 Å². The second kappa shape index (κ2) is 9.53. The normalized spacial score (nSPS) is 17.6. The molecule has 0 saturated heterocycles. The van der Waals surface area contributed by atoms with Gasteiger partial charge in [0.15, 0.2) is 6.10 Å². The van der Waals surface area contributed by atoms with Gasteiger partial charge in [-0.3, -0.25) is 4.79 Å². The van der Waals surface area contributed by atoms with E-state index >= 15 is 0 Å². The summed E-state index contributed by atoms with van der Waals surface area (Å²) in [4.78, 5) is 10.3. The minimum atomic E-state index is -3.29. The van der Waals surface area contributed by atoms with Crippen LogP contribution in [-0.2, 0) is 8.63 Å². The van der Waals surface area contributed by atoms with Gasteiger partial charge in [0.1, 0.15) is 18.3 Å². The molecule has 0 aromatic rings. The number of amides is 1. The Morgan fingerprint density at radius 2 is 1.47 bits per heavy atom. The van der Waals surface area contributed by atoms with Crippen LogP contribution < -0.4 is 5.73 Å². The average Bonchev–Trinajstić information content (AvgIpc) is 2.23. The van der Waals surface area contributed by atoms with E-state index in [1.54, 1.807) is 0 Å². The summed E-state index contributed by atoms with van der Waals surface area (Å²) >= 11 is -3.29. The molecule has 0 aliphatic rings. The SMILES string of the molecule is NC(=O)[C@H](O)[C@@H](O)[C@H](O)[C@H](O)CO.O=[Se](O)O. The van der Waals surface area contributed by atoms with Gasteiger partial charge in [0, 0.05) is 0 Å². The number of hydrogen-bond donors (Lipinski definition) is 8. The van der Waals surface area contributed by atoms with Crippen LogP contribution in [0, 0.1) is 0 Å². The molecule has 0 aliphatic carbocycles. The summed E-state index contributed by atoms with van der Waals surface area (Å²) in [5.74, 6) is -1.23. The van der Waals surface area contributed by atoms with Crippen LogP contribution in [0.2, 0.25) is 0 Å². The first-order valence-corrected chi connectivity index (χ1v) is 6.30. The zero-order valence-electron chi connectivity index (χ0n) is 8.45. The monoisotopic (exact) mass is 325 g/mol. The Bertz CT molecular complexity index is 246. The number of primary amides is 1. The van der Waals surface area contributed by atoms with Gasteiger partial charge in [0.05, 0.1) is 6.61 Å². The molecular weight excluding hydrogens is 309 g/mol. The molecule has 17 heavy (non-hydrogen) atoms. The first-order chi connectivity index (χ1) is 7.64. The molecule has 0 spiro atoms. The molecule has 10 nitrogen and oxygen atoms in total. The van der Waals surface area contributed by atoms with Gasteiger partial charge < -0.3 is 31.3 Å². The topological polar surface area (TPSA) is 202 Å². The predicted molar refractivity (Wildman–Crippen MR) is 51.2 cm³/mol. The molecule has 1 amide bonds. The Balaban J connectivity index is 0. The van der Waals surface area contributed by atoms with E-state index < -0.39 is 51.4 Å². The Kier molecular flexibility index (Phi) is 10.6. The maximum atomic E-state index is 10.3. The number of nitrogens with two attached hydrogens (primary N) is 1. The Morgan fingerprint density at radius 3 is 1.71 bits per heavy atom. The van der Waals surface area contributed by atoms with Crippen molar-refractivity contribution in [2.24, 2.45) is 5.73 Å². The van der Waals surface area contributed by atoms with E-state index in [2.05, 4.69) is 5.73 Å². The van der Waals surface area contributed by atoms with Crippen molar-refractivity contribution in [2.45, 2.75) is 24.4 Å². The molecule has 0 aliphatic heterocycles. The molecule has 0 aromatic heterocycles. The van der Waals surface area contributed by atoms with E-state index in [1.807, 2.05) is 0 Å². The zero-order valence-corrected chi connectivity index (χ0v) is 10.2. The first kappa shape index (κ1) is 18.9. The molecule has 104 valence electrons. The van der Waals surface area contributed by atoms with E-state index in [4.69, 9.17) is 37.7 Å². The summed E-state index contributed by atoms with van der Waals surface area (Å²) < 4.78 is 23.1. The van der Waals surface area contributed by atoms with Gasteiger partial charge >= 0.3 is 26.7 Å². The summed E-state index contributed by atoms with van der Waals surface area (Å²) in [7, 11) is 0. The molecule has 11 heteroatoms. The Morgan fingerprint density at radius 1 is 1.12 bits per heavy atom. The van der Waals surface area contributed by atoms with Gasteiger partial charge in [-0.05, 0) is 0 Å².